The Bertz CT molecular complexity index is 553. The largest absolute Gasteiger partial charge is 0.380 e. The van der Waals surface area contributed by atoms with Crippen LogP contribution in [0.5, 0.6) is 0 Å². The zero-order valence-corrected chi connectivity index (χ0v) is 13.7. The summed E-state index contributed by atoms with van der Waals surface area (Å²) in [5, 5.41) is 0. The standard InChI is InChI=1S/C16H23N3OS/c1-12-16(21-11-18-12)9-19(2)15(8-17)14-6-4-13(5-7-14)10-20-3/h4-7,11,15H,8-10,17H2,1-3H3. The molecule has 0 saturated heterocycles. The van der Waals surface area contributed by atoms with Crippen LogP contribution in [0.1, 0.15) is 27.7 Å². The van der Waals surface area contributed by atoms with Crippen molar-refractivity contribution in [3.8, 4) is 0 Å². The SMILES string of the molecule is COCc1ccc(C(CN)N(C)Cc2scnc2C)cc1. The highest BCUT2D eigenvalue weighted by Crippen LogP contribution is 2.23. The fourth-order valence-corrected chi connectivity index (χ4v) is 3.23. The third kappa shape index (κ3) is 4.11. The summed E-state index contributed by atoms with van der Waals surface area (Å²) in [6, 6.07) is 8.70. The van der Waals surface area contributed by atoms with Gasteiger partial charge in [-0.3, -0.25) is 4.90 Å². The number of nitrogens with zero attached hydrogens (tertiary/aromatic N) is 2. The summed E-state index contributed by atoms with van der Waals surface area (Å²) in [4.78, 5) is 7.89. The second kappa shape index (κ2) is 7.66. The van der Waals surface area contributed by atoms with E-state index in [9.17, 15) is 0 Å². The molecule has 1 aromatic heterocycles. The highest BCUT2D eigenvalue weighted by atomic mass is 32.1. The Balaban J connectivity index is 2.09. The molecule has 0 saturated carbocycles. The molecule has 0 aliphatic carbocycles. The molecule has 114 valence electrons. The second-order valence-corrected chi connectivity index (χ2v) is 6.14. The third-order valence-corrected chi connectivity index (χ3v) is 4.59. The van der Waals surface area contributed by atoms with E-state index in [2.05, 4.69) is 48.1 Å². The van der Waals surface area contributed by atoms with Crippen molar-refractivity contribution in [2.24, 2.45) is 5.73 Å². The lowest BCUT2D eigenvalue weighted by atomic mass is 10.0. The lowest BCUT2D eigenvalue weighted by Gasteiger charge is -2.27. The first-order chi connectivity index (χ1) is 10.2. The minimum Gasteiger partial charge on any atom is -0.380 e. The molecule has 0 radical (unpaired) electrons. The van der Waals surface area contributed by atoms with Crippen LogP contribution in [0.25, 0.3) is 0 Å². The lowest BCUT2D eigenvalue weighted by Crippen LogP contribution is -2.30. The van der Waals surface area contributed by atoms with Gasteiger partial charge in [0.2, 0.25) is 0 Å². The van der Waals surface area contributed by atoms with Crippen LogP contribution in [-0.2, 0) is 17.9 Å². The number of hydrogen-bond donors (Lipinski definition) is 1. The second-order valence-electron chi connectivity index (χ2n) is 5.20. The Kier molecular flexibility index (Phi) is 5.87. The van der Waals surface area contributed by atoms with Crippen LogP contribution < -0.4 is 5.73 Å². The topological polar surface area (TPSA) is 51.4 Å². The molecule has 0 fully saturated rings. The smallest absolute Gasteiger partial charge is 0.0798 e. The molecule has 0 amide bonds. The molecule has 2 N–H and O–H groups in total. The normalized spacial score (nSPS) is 12.8. The van der Waals surface area contributed by atoms with Gasteiger partial charge in [0.05, 0.1) is 17.8 Å². The van der Waals surface area contributed by atoms with Gasteiger partial charge in [0, 0.05) is 31.1 Å². The van der Waals surface area contributed by atoms with E-state index in [4.69, 9.17) is 10.5 Å². The van der Waals surface area contributed by atoms with Crippen LogP contribution >= 0.6 is 11.3 Å². The van der Waals surface area contributed by atoms with Gasteiger partial charge in [0.25, 0.3) is 0 Å². The van der Waals surface area contributed by atoms with Crippen LogP contribution in [0.4, 0.5) is 0 Å². The minimum atomic E-state index is 0.211. The molecule has 0 spiro atoms. The zero-order chi connectivity index (χ0) is 15.2. The molecular formula is C16H23N3OS. The van der Waals surface area contributed by atoms with Gasteiger partial charge in [-0.1, -0.05) is 24.3 Å². The van der Waals surface area contributed by atoms with Crippen molar-refractivity contribution in [1.82, 2.24) is 9.88 Å². The van der Waals surface area contributed by atoms with Crippen molar-refractivity contribution in [3.63, 3.8) is 0 Å². The first kappa shape index (κ1) is 16.1. The molecule has 1 heterocycles. The molecule has 0 aliphatic heterocycles. The maximum atomic E-state index is 5.99. The average Bonchev–Trinajstić information content (AvgIpc) is 2.87. The summed E-state index contributed by atoms with van der Waals surface area (Å²) in [5.41, 5.74) is 11.4. The molecule has 2 rings (SSSR count). The molecular weight excluding hydrogens is 282 g/mol. The minimum absolute atomic E-state index is 0.211. The highest BCUT2D eigenvalue weighted by Gasteiger charge is 2.17. The summed E-state index contributed by atoms with van der Waals surface area (Å²) in [6.45, 7) is 4.16. The van der Waals surface area contributed by atoms with E-state index in [1.165, 1.54) is 16.0 Å². The van der Waals surface area contributed by atoms with Gasteiger partial charge < -0.3 is 10.5 Å². The molecule has 4 nitrogen and oxygen atoms in total. The van der Waals surface area contributed by atoms with Crippen LogP contribution in [0.3, 0.4) is 0 Å². The lowest BCUT2D eigenvalue weighted by molar-refractivity contribution is 0.185. The van der Waals surface area contributed by atoms with Crippen molar-refractivity contribution in [2.75, 3.05) is 20.7 Å². The summed E-state index contributed by atoms with van der Waals surface area (Å²) in [5.74, 6) is 0. The number of hydrogen-bond acceptors (Lipinski definition) is 5. The third-order valence-electron chi connectivity index (χ3n) is 3.67. The van der Waals surface area contributed by atoms with Gasteiger partial charge in [-0.15, -0.1) is 11.3 Å². The molecule has 21 heavy (non-hydrogen) atoms. The van der Waals surface area contributed by atoms with Crippen LogP contribution in [0, 0.1) is 6.92 Å². The number of nitrogens with two attached hydrogens (primary N) is 1. The molecule has 1 aromatic carbocycles. The van der Waals surface area contributed by atoms with Crippen molar-refractivity contribution >= 4 is 11.3 Å². The van der Waals surface area contributed by atoms with E-state index in [0.29, 0.717) is 13.2 Å². The van der Waals surface area contributed by atoms with Crippen molar-refractivity contribution in [1.29, 1.82) is 0 Å². The van der Waals surface area contributed by atoms with Gasteiger partial charge in [-0.25, -0.2) is 4.98 Å². The molecule has 1 unspecified atom stereocenters. The predicted molar refractivity (Wildman–Crippen MR) is 87.3 cm³/mol. The van der Waals surface area contributed by atoms with E-state index in [1.54, 1.807) is 18.4 Å². The monoisotopic (exact) mass is 305 g/mol. The van der Waals surface area contributed by atoms with E-state index in [1.807, 2.05) is 5.51 Å². The average molecular weight is 305 g/mol. The Morgan fingerprint density at radius 1 is 1.33 bits per heavy atom. The number of aryl methyl sites for hydroxylation is 1. The Labute approximate surface area is 130 Å². The number of aromatic nitrogens is 1. The quantitative estimate of drug-likeness (QED) is 0.854. The number of ether oxygens (including phenoxy) is 1. The molecule has 0 bridgehead atoms. The van der Waals surface area contributed by atoms with Crippen LogP contribution in [0.2, 0.25) is 0 Å². The van der Waals surface area contributed by atoms with Gasteiger partial charge in [-0.2, -0.15) is 0 Å². The number of rotatable bonds is 7. The molecule has 0 aliphatic rings. The van der Waals surface area contributed by atoms with Gasteiger partial charge >= 0.3 is 0 Å². The summed E-state index contributed by atoms with van der Waals surface area (Å²) in [7, 11) is 3.82. The number of benzene rings is 1. The molecule has 2 aromatic rings. The Hall–Kier alpha value is -1.27. The summed E-state index contributed by atoms with van der Waals surface area (Å²) >= 11 is 1.70. The predicted octanol–water partition coefficient (Wildman–Crippen LogP) is 2.73. The maximum absolute atomic E-state index is 5.99. The van der Waals surface area contributed by atoms with E-state index < -0.39 is 0 Å². The van der Waals surface area contributed by atoms with Crippen LogP contribution in [-0.4, -0.2) is 30.6 Å². The Morgan fingerprint density at radius 3 is 2.57 bits per heavy atom. The first-order valence-corrected chi connectivity index (χ1v) is 7.90. The van der Waals surface area contributed by atoms with Crippen molar-refractivity contribution < 1.29 is 4.74 Å². The van der Waals surface area contributed by atoms with Crippen molar-refractivity contribution in [3.05, 3.63) is 51.5 Å². The number of thiazole rings is 1. The number of likely N-dealkylation sites (N-methyl/N-ethyl adjacent to an activating group) is 1. The Morgan fingerprint density at radius 2 is 2.05 bits per heavy atom. The van der Waals surface area contributed by atoms with Gasteiger partial charge in [-0.05, 0) is 25.1 Å². The van der Waals surface area contributed by atoms with E-state index in [0.717, 1.165) is 12.2 Å². The summed E-state index contributed by atoms with van der Waals surface area (Å²) in [6.07, 6.45) is 0. The zero-order valence-electron chi connectivity index (χ0n) is 12.9. The fraction of sp³-hybridized carbons (Fsp3) is 0.438. The van der Waals surface area contributed by atoms with E-state index in [-0.39, 0.29) is 6.04 Å². The maximum Gasteiger partial charge on any atom is 0.0798 e. The van der Waals surface area contributed by atoms with Crippen LogP contribution in [0.15, 0.2) is 29.8 Å². The van der Waals surface area contributed by atoms with Crippen molar-refractivity contribution in [2.45, 2.75) is 26.1 Å². The molecule has 1 atom stereocenters. The van der Waals surface area contributed by atoms with E-state index >= 15 is 0 Å². The molecule has 5 heteroatoms. The fourth-order valence-electron chi connectivity index (χ4n) is 2.39. The summed E-state index contributed by atoms with van der Waals surface area (Å²) < 4.78 is 5.14. The first-order valence-electron chi connectivity index (χ1n) is 7.02. The van der Waals surface area contributed by atoms with Gasteiger partial charge in [0.15, 0.2) is 0 Å². The number of methoxy groups -OCH3 is 1. The highest BCUT2D eigenvalue weighted by molar-refractivity contribution is 7.09. The van der Waals surface area contributed by atoms with Gasteiger partial charge in [0.1, 0.15) is 0 Å².